The number of nitrogens with zero attached hydrogens (tertiary/aromatic N) is 3. The number of carboxylic acid groups (broad SMARTS) is 1. The molecule has 0 aliphatic carbocycles. The van der Waals surface area contributed by atoms with Gasteiger partial charge in [0.2, 0.25) is 0 Å². The number of aliphatic carboxylic acids is 1. The van der Waals surface area contributed by atoms with E-state index in [2.05, 4.69) is 10.2 Å². The molecule has 7 nitrogen and oxygen atoms in total. The Bertz CT molecular complexity index is 470. The largest absolute Gasteiger partial charge is 0.480 e. The number of H-pyrrole nitrogens is 1. The fourth-order valence-electron chi connectivity index (χ4n) is 2.32. The predicted molar refractivity (Wildman–Crippen MR) is 68.0 cm³/mol. The molecule has 7 heteroatoms. The summed E-state index contributed by atoms with van der Waals surface area (Å²) in [6, 6.07) is 0. The summed E-state index contributed by atoms with van der Waals surface area (Å²) in [5, 5.41) is 15.6. The van der Waals surface area contributed by atoms with Crippen LogP contribution in [0.5, 0.6) is 0 Å². The van der Waals surface area contributed by atoms with E-state index in [1.807, 2.05) is 11.8 Å². The molecule has 1 amide bonds. The van der Waals surface area contributed by atoms with Crippen LogP contribution in [0.25, 0.3) is 0 Å². The maximum absolute atomic E-state index is 12.4. The Hall–Kier alpha value is -1.89. The molecule has 0 unspecified atom stereocenters. The van der Waals surface area contributed by atoms with Crippen LogP contribution in [0, 0.1) is 13.8 Å². The number of hydrogen-bond acceptors (Lipinski definition) is 4. The van der Waals surface area contributed by atoms with Crippen molar-refractivity contribution in [3.05, 3.63) is 17.0 Å². The average molecular weight is 266 g/mol. The third-order valence-electron chi connectivity index (χ3n) is 3.36. The van der Waals surface area contributed by atoms with Crippen molar-refractivity contribution in [3.8, 4) is 0 Å². The molecule has 2 rings (SSSR count). The number of rotatable bonds is 3. The Kier molecular flexibility index (Phi) is 3.84. The number of aromatic amines is 1. The SMILES string of the molecule is Cc1n[nH]c(C)c1C(=O)N1CCN(CC(=O)O)CC1. The van der Waals surface area contributed by atoms with E-state index in [1.165, 1.54) is 0 Å². The Morgan fingerprint density at radius 2 is 1.89 bits per heavy atom. The number of aromatic nitrogens is 2. The molecule has 19 heavy (non-hydrogen) atoms. The molecule has 0 spiro atoms. The first kappa shape index (κ1) is 13.5. The normalized spacial score (nSPS) is 16.6. The Balaban J connectivity index is 1.98. The van der Waals surface area contributed by atoms with E-state index in [0.29, 0.717) is 37.4 Å². The number of amides is 1. The topological polar surface area (TPSA) is 89.5 Å². The quantitative estimate of drug-likeness (QED) is 0.795. The highest BCUT2D eigenvalue weighted by molar-refractivity contribution is 5.96. The maximum atomic E-state index is 12.4. The number of aryl methyl sites for hydroxylation is 2. The van der Waals surface area contributed by atoms with Gasteiger partial charge in [0.05, 0.1) is 17.8 Å². The molecule has 1 aromatic heterocycles. The molecular formula is C12H18N4O3. The van der Waals surface area contributed by atoms with E-state index in [9.17, 15) is 9.59 Å². The Morgan fingerprint density at radius 3 is 2.37 bits per heavy atom. The van der Waals surface area contributed by atoms with Gasteiger partial charge in [-0.15, -0.1) is 0 Å². The van der Waals surface area contributed by atoms with Crippen LogP contribution in [0.2, 0.25) is 0 Å². The fourth-order valence-corrected chi connectivity index (χ4v) is 2.32. The van der Waals surface area contributed by atoms with Crippen molar-refractivity contribution < 1.29 is 14.7 Å². The van der Waals surface area contributed by atoms with Crippen LogP contribution in [0.3, 0.4) is 0 Å². The highest BCUT2D eigenvalue weighted by Crippen LogP contribution is 2.14. The van der Waals surface area contributed by atoms with Crippen molar-refractivity contribution in [3.63, 3.8) is 0 Å². The number of piperazine rings is 1. The molecule has 2 heterocycles. The number of hydrogen-bond donors (Lipinski definition) is 2. The standard InChI is InChI=1S/C12H18N4O3/c1-8-11(9(2)14-13-8)12(19)16-5-3-15(4-6-16)7-10(17)18/h3-7H2,1-2H3,(H,13,14)(H,17,18). The molecule has 1 fully saturated rings. The second kappa shape index (κ2) is 5.40. The van der Waals surface area contributed by atoms with Crippen LogP contribution >= 0.6 is 0 Å². The zero-order valence-electron chi connectivity index (χ0n) is 11.1. The van der Waals surface area contributed by atoms with Crippen molar-refractivity contribution in [2.75, 3.05) is 32.7 Å². The summed E-state index contributed by atoms with van der Waals surface area (Å²) in [5.74, 6) is -0.861. The van der Waals surface area contributed by atoms with Crippen LogP contribution in [-0.2, 0) is 4.79 Å². The monoisotopic (exact) mass is 266 g/mol. The van der Waals surface area contributed by atoms with Gasteiger partial charge in [-0.25, -0.2) is 0 Å². The van der Waals surface area contributed by atoms with Crippen LogP contribution in [0.15, 0.2) is 0 Å². The molecule has 0 saturated carbocycles. The highest BCUT2D eigenvalue weighted by Gasteiger charge is 2.26. The molecule has 0 bridgehead atoms. The number of carbonyl (C=O) groups excluding carboxylic acids is 1. The second-order valence-corrected chi connectivity index (χ2v) is 4.77. The molecule has 1 aliphatic rings. The van der Waals surface area contributed by atoms with Gasteiger partial charge in [0.15, 0.2) is 0 Å². The van der Waals surface area contributed by atoms with Gasteiger partial charge in [0.25, 0.3) is 5.91 Å². The lowest BCUT2D eigenvalue weighted by Gasteiger charge is -2.33. The summed E-state index contributed by atoms with van der Waals surface area (Å²) in [5.41, 5.74) is 2.11. The molecule has 0 radical (unpaired) electrons. The van der Waals surface area contributed by atoms with Crippen LogP contribution < -0.4 is 0 Å². The molecule has 104 valence electrons. The number of carbonyl (C=O) groups is 2. The first-order valence-corrected chi connectivity index (χ1v) is 6.24. The summed E-state index contributed by atoms with van der Waals surface area (Å²) in [7, 11) is 0. The van der Waals surface area contributed by atoms with E-state index in [1.54, 1.807) is 11.8 Å². The molecule has 0 atom stereocenters. The number of nitrogens with one attached hydrogen (secondary N) is 1. The zero-order valence-corrected chi connectivity index (χ0v) is 11.1. The van der Waals surface area contributed by atoms with Gasteiger partial charge in [-0.3, -0.25) is 19.6 Å². The maximum Gasteiger partial charge on any atom is 0.317 e. The van der Waals surface area contributed by atoms with Gasteiger partial charge in [0, 0.05) is 31.9 Å². The van der Waals surface area contributed by atoms with E-state index in [4.69, 9.17) is 5.11 Å². The minimum atomic E-state index is -0.832. The van der Waals surface area contributed by atoms with Crippen LogP contribution in [0.4, 0.5) is 0 Å². The first-order valence-electron chi connectivity index (χ1n) is 6.24. The van der Waals surface area contributed by atoms with Gasteiger partial charge in [0.1, 0.15) is 0 Å². The van der Waals surface area contributed by atoms with E-state index < -0.39 is 5.97 Å². The minimum Gasteiger partial charge on any atom is -0.480 e. The van der Waals surface area contributed by atoms with Gasteiger partial charge in [-0.1, -0.05) is 0 Å². The highest BCUT2D eigenvalue weighted by atomic mass is 16.4. The molecule has 1 aliphatic heterocycles. The van der Waals surface area contributed by atoms with Crippen LogP contribution in [0.1, 0.15) is 21.7 Å². The molecule has 0 aromatic carbocycles. The van der Waals surface area contributed by atoms with Gasteiger partial charge in [-0.2, -0.15) is 5.10 Å². The zero-order chi connectivity index (χ0) is 14.0. The van der Waals surface area contributed by atoms with Crippen molar-refractivity contribution in [2.24, 2.45) is 0 Å². The van der Waals surface area contributed by atoms with Crippen molar-refractivity contribution in [1.82, 2.24) is 20.0 Å². The Morgan fingerprint density at radius 1 is 1.26 bits per heavy atom. The molecular weight excluding hydrogens is 248 g/mol. The lowest BCUT2D eigenvalue weighted by molar-refractivity contribution is -0.138. The summed E-state index contributed by atoms with van der Waals surface area (Å²) >= 11 is 0. The van der Waals surface area contributed by atoms with Crippen LogP contribution in [-0.4, -0.2) is 69.7 Å². The van der Waals surface area contributed by atoms with Crippen molar-refractivity contribution in [2.45, 2.75) is 13.8 Å². The third-order valence-corrected chi connectivity index (χ3v) is 3.36. The summed E-state index contributed by atoms with van der Waals surface area (Å²) < 4.78 is 0. The van der Waals surface area contributed by atoms with Crippen molar-refractivity contribution in [1.29, 1.82) is 0 Å². The van der Waals surface area contributed by atoms with E-state index >= 15 is 0 Å². The lowest BCUT2D eigenvalue weighted by atomic mass is 10.1. The Labute approximate surface area is 111 Å². The predicted octanol–water partition coefficient (Wildman–Crippen LogP) is -0.131. The van der Waals surface area contributed by atoms with E-state index in [0.717, 1.165) is 5.69 Å². The molecule has 2 N–H and O–H groups in total. The number of carboxylic acids is 1. The summed E-state index contributed by atoms with van der Waals surface area (Å²) in [4.78, 5) is 26.6. The summed E-state index contributed by atoms with van der Waals surface area (Å²) in [6.07, 6.45) is 0. The van der Waals surface area contributed by atoms with E-state index in [-0.39, 0.29) is 12.5 Å². The van der Waals surface area contributed by atoms with Gasteiger partial charge < -0.3 is 10.0 Å². The third kappa shape index (κ3) is 2.93. The van der Waals surface area contributed by atoms with Gasteiger partial charge >= 0.3 is 5.97 Å². The van der Waals surface area contributed by atoms with Gasteiger partial charge in [-0.05, 0) is 13.8 Å². The summed E-state index contributed by atoms with van der Waals surface area (Å²) in [6.45, 7) is 5.95. The lowest BCUT2D eigenvalue weighted by Crippen LogP contribution is -2.50. The molecule has 1 aromatic rings. The molecule has 1 saturated heterocycles. The minimum absolute atomic E-state index is 0.0290. The average Bonchev–Trinajstić information content (AvgIpc) is 2.68. The smallest absolute Gasteiger partial charge is 0.317 e. The fraction of sp³-hybridized carbons (Fsp3) is 0.583. The van der Waals surface area contributed by atoms with Crippen molar-refractivity contribution >= 4 is 11.9 Å². The second-order valence-electron chi connectivity index (χ2n) is 4.77. The first-order chi connectivity index (χ1) is 8.99.